The van der Waals surface area contributed by atoms with Crippen molar-refractivity contribution in [1.29, 1.82) is 5.26 Å². The highest BCUT2D eigenvalue weighted by Crippen LogP contribution is 2.41. The van der Waals surface area contributed by atoms with E-state index in [1.54, 1.807) is 0 Å². The Morgan fingerprint density at radius 1 is 1.50 bits per heavy atom. The van der Waals surface area contributed by atoms with Crippen LogP contribution in [0.2, 0.25) is 0 Å². The summed E-state index contributed by atoms with van der Waals surface area (Å²) in [4.78, 5) is 11.9. The van der Waals surface area contributed by atoms with Gasteiger partial charge in [0.15, 0.2) is 0 Å². The summed E-state index contributed by atoms with van der Waals surface area (Å²) < 4.78 is 0. The molecule has 1 amide bonds. The van der Waals surface area contributed by atoms with Gasteiger partial charge in [-0.1, -0.05) is 12.1 Å². The molecule has 1 aromatic carbocycles. The summed E-state index contributed by atoms with van der Waals surface area (Å²) in [5.41, 5.74) is 1.09. The molecule has 0 aliphatic heterocycles. The molecule has 1 aromatic rings. The Morgan fingerprint density at radius 2 is 2.25 bits per heavy atom. The number of anilines is 1. The van der Waals surface area contributed by atoms with Crippen molar-refractivity contribution >= 4 is 11.6 Å². The Hall–Kier alpha value is -1.82. The first kappa shape index (κ1) is 10.7. The van der Waals surface area contributed by atoms with Gasteiger partial charge in [0.25, 0.3) is 0 Å². The lowest BCUT2D eigenvalue weighted by atomic mass is 9.69. The van der Waals surface area contributed by atoms with Gasteiger partial charge in [-0.15, -0.1) is 0 Å². The van der Waals surface area contributed by atoms with E-state index in [4.69, 9.17) is 5.26 Å². The minimum Gasteiger partial charge on any atom is -0.325 e. The van der Waals surface area contributed by atoms with Gasteiger partial charge in [-0.2, -0.15) is 5.26 Å². The molecule has 2 rings (SSSR count). The largest absolute Gasteiger partial charge is 0.325 e. The van der Waals surface area contributed by atoms with Gasteiger partial charge < -0.3 is 5.32 Å². The topological polar surface area (TPSA) is 52.9 Å². The first-order chi connectivity index (χ1) is 7.66. The molecule has 0 aromatic heterocycles. The molecular weight excluding hydrogens is 200 g/mol. The first-order valence-electron chi connectivity index (χ1n) is 5.46. The van der Waals surface area contributed by atoms with E-state index in [0.29, 0.717) is 12.8 Å². The van der Waals surface area contributed by atoms with Crippen LogP contribution in [0, 0.1) is 23.7 Å². The second-order valence-corrected chi connectivity index (χ2v) is 4.37. The van der Waals surface area contributed by atoms with Crippen molar-refractivity contribution in [2.45, 2.75) is 26.2 Å². The average Bonchev–Trinajstić information content (AvgIpc) is 2.16. The lowest BCUT2D eigenvalue weighted by Crippen LogP contribution is -2.40. The zero-order chi connectivity index (χ0) is 11.6. The summed E-state index contributed by atoms with van der Waals surface area (Å²) in [5, 5.41) is 11.8. The van der Waals surface area contributed by atoms with Crippen molar-refractivity contribution in [2.75, 3.05) is 5.32 Å². The lowest BCUT2D eigenvalue weighted by Gasteiger charge is -2.33. The Kier molecular flexibility index (Phi) is 2.66. The van der Waals surface area contributed by atoms with Gasteiger partial charge in [0.05, 0.1) is 6.07 Å². The highest BCUT2D eigenvalue weighted by atomic mass is 16.2. The van der Waals surface area contributed by atoms with E-state index in [1.165, 1.54) is 0 Å². The van der Waals surface area contributed by atoms with Crippen molar-refractivity contribution < 1.29 is 4.79 Å². The van der Waals surface area contributed by atoms with E-state index < -0.39 is 5.41 Å². The number of nitrogens with one attached hydrogen (secondary N) is 1. The molecule has 3 heteroatoms. The second kappa shape index (κ2) is 3.97. The molecule has 0 radical (unpaired) electrons. The van der Waals surface area contributed by atoms with E-state index in [-0.39, 0.29) is 5.91 Å². The number of carbonyl (C=O) groups excluding carboxylic acids is 1. The van der Waals surface area contributed by atoms with Gasteiger partial charge in [-0.05, 0) is 43.9 Å². The molecule has 0 saturated heterocycles. The zero-order valence-electron chi connectivity index (χ0n) is 9.29. The smallest absolute Gasteiger partial charge is 0.244 e. The molecule has 3 nitrogen and oxygen atoms in total. The number of hydrogen-bond acceptors (Lipinski definition) is 2. The molecule has 16 heavy (non-hydrogen) atoms. The minimum atomic E-state index is -0.774. The fourth-order valence-corrected chi connectivity index (χ4v) is 1.89. The van der Waals surface area contributed by atoms with E-state index in [0.717, 1.165) is 17.7 Å². The van der Waals surface area contributed by atoms with Crippen LogP contribution >= 0.6 is 0 Å². The summed E-state index contributed by atoms with van der Waals surface area (Å²) in [6, 6.07) is 9.75. The Bertz CT molecular complexity index is 455. The molecule has 0 atom stereocenters. The molecule has 1 N–H and O–H groups in total. The van der Waals surface area contributed by atoms with E-state index in [9.17, 15) is 4.79 Å². The van der Waals surface area contributed by atoms with Crippen LogP contribution in [0.1, 0.15) is 24.8 Å². The van der Waals surface area contributed by atoms with Crippen LogP contribution in [0.15, 0.2) is 24.3 Å². The number of carbonyl (C=O) groups is 1. The molecule has 82 valence electrons. The molecule has 0 spiro atoms. The molecule has 0 bridgehead atoms. The Morgan fingerprint density at radius 3 is 2.75 bits per heavy atom. The van der Waals surface area contributed by atoms with Crippen LogP contribution in [-0.4, -0.2) is 5.91 Å². The fraction of sp³-hybridized carbons (Fsp3) is 0.385. The van der Waals surface area contributed by atoms with Crippen LogP contribution < -0.4 is 5.32 Å². The Balaban J connectivity index is 2.11. The molecule has 1 aliphatic carbocycles. The van der Waals surface area contributed by atoms with Crippen LogP contribution in [0.4, 0.5) is 5.69 Å². The standard InChI is InChI=1S/C13H14N2O/c1-10-4-2-5-11(8-10)15-12(16)13(9-14)6-3-7-13/h2,4-5,8H,3,6-7H2,1H3,(H,15,16). The van der Waals surface area contributed by atoms with Gasteiger partial charge in [0.1, 0.15) is 5.41 Å². The highest BCUT2D eigenvalue weighted by molar-refractivity contribution is 5.97. The molecule has 1 saturated carbocycles. The molecular formula is C13H14N2O. The van der Waals surface area contributed by atoms with Gasteiger partial charge in [0, 0.05) is 5.69 Å². The number of nitriles is 1. The first-order valence-corrected chi connectivity index (χ1v) is 5.46. The lowest BCUT2D eigenvalue weighted by molar-refractivity contribution is -0.126. The van der Waals surface area contributed by atoms with Crippen molar-refractivity contribution in [3.05, 3.63) is 29.8 Å². The van der Waals surface area contributed by atoms with Gasteiger partial charge >= 0.3 is 0 Å². The van der Waals surface area contributed by atoms with Crippen LogP contribution in [0.3, 0.4) is 0 Å². The third-order valence-corrected chi connectivity index (χ3v) is 3.13. The molecule has 1 fully saturated rings. The van der Waals surface area contributed by atoms with Crippen molar-refractivity contribution in [2.24, 2.45) is 5.41 Å². The number of aryl methyl sites for hydroxylation is 1. The van der Waals surface area contributed by atoms with E-state index >= 15 is 0 Å². The van der Waals surface area contributed by atoms with Gasteiger partial charge in [0.2, 0.25) is 5.91 Å². The molecule has 1 aliphatic rings. The third-order valence-electron chi connectivity index (χ3n) is 3.13. The second-order valence-electron chi connectivity index (χ2n) is 4.37. The normalized spacial score (nSPS) is 17.0. The summed E-state index contributed by atoms with van der Waals surface area (Å²) >= 11 is 0. The highest BCUT2D eigenvalue weighted by Gasteiger charge is 2.44. The SMILES string of the molecule is Cc1cccc(NC(=O)C2(C#N)CCC2)c1. The average molecular weight is 214 g/mol. The Labute approximate surface area is 95.1 Å². The predicted molar refractivity (Wildman–Crippen MR) is 61.7 cm³/mol. The number of amides is 1. The van der Waals surface area contributed by atoms with Crippen LogP contribution in [-0.2, 0) is 4.79 Å². The summed E-state index contributed by atoms with van der Waals surface area (Å²) in [6.45, 7) is 1.97. The van der Waals surface area contributed by atoms with Crippen molar-refractivity contribution in [1.82, 2.24) is 0 Å². The number of nitrogens with zero attached hydrogens (tertiary/aromatic N) is 1. The number of rotatable bonds is 2. The van der Waals surface area contributed by atoms with E-state index in [1.807, 2.05) is 31.2 Å². The fourth-order valence-electron chi connectivity index (χ4n) is 1.89. The van der Waals surface area contributed by atoms with Crippen molar-refractivity contribution in [3.8, 4) is 6.07 Å². The third kappa shape index (κ3) is 1.79. The monoisotopic (exact) mass is 214 g/mol. The molecule has 0 unspecified atom stereocenters. The zero-order valence-corrected chi connectivity index (χ0v) is 9.29. The maximum atomic E-state index is 11.9. The quantitative estimate of drug-likeness (QED) is 0.822. The van der Waals surface area contributed by atoms with Crippen LogP contribution in [0.5, 0.6) is 0 Å². The maximum Gasteiger partial charge on any atom is 0.244 e. The number of benzene rings is 1. The van der Waals surface area contributed by atoms with Gasteiger partial charge in [-0.25, -0.2) is 0 Å². The summed E-state index contributed by atoms with van der Waals surface area (Å²) in [7, 11) is 0. The molecule has 0 heterocycles. The van der Waals surface area contributed by atoms with E-state index in [2.05, 4.69) is 11.4 Å². The summed E-state index contributed by atoms with van der Waals surface area (Å²) in [6.07, 6.45) is 2.33. The number of hydrogen-bond donors (Lipinski definition) is 1. The minimum absolute atomic E-state index is 0.160. The van der Waals surface area contributed by atoms with Gasteiger partial charge in [-0.3, -0.25) is 4.79 Å². The van der Waals surface area contributed by atoms with Crippen molar-refractivity contribution in [3.63, 3.8) is 0 Å². The van der Waals surface area contributed by atoms with Crippen LogP contribution in [0.25, 0.3) is 0 Å². The maximum absolute atomic E-state index is 11.9. The predicted octanol–water partition coefficient (Wildman–Crippen LogP) is 2.63. The summed E-state index contributed by atoms with van der Waals surface area (Å²) in [5.74, 6) is -0.160.